The predicted molar refractivity (Wildman–Crippen MR) is 89.2 cm³/mol. The van der Waals surface area contributed by atoms with Gasteiger partial charge in [0.25, 0.3) is 5.91 Å². The van der Waals surface area contributed by atoms with E-state index in [-0.39, 0.29) is 22.8 Å². The molecule has 0 fully saturated rings. The lowest BCUT2D eigenvalue weighted by atomic mass is 10.1. The van der Waals surface area contributed by atoms with Crippen LogP contribution in [0, 0.1) is 17.1 Å². The van der Waals surface area contributed by atoms with Crippen molar-refractivity contribution in [3.63, 3.8) is 0 Å². The standard InChI is InChI=1S/C18H16ClFN2O2/c1-11(14-4-6-15(20)7-5-14)22-18(23)12(2)24-17-8-3-13(10-21)9-16(17)19/h3-9,11-12H,1-2H3,(H,22,23)/t11-,12+/m1/s1. The lowest BCUT2D eigenvalue weighted by molar-refractivity contribution is -0.127. The van der Waals surface area contributed by atoms with Crippen LogP contribution in [0.15, 0.2) is 42.5 Å². The SMILES string of the molecule is C[C@H](Oc1ccc(C#N)cc1Cl)C(=O)N[C@H](C)c1ccc(F)cc1. The summed E-state index contributed by atoms with van der Waals surface area (Å²) in [7, 11) is 0. The van der Waals surface area contributed by atoms with Crippen LogP contribution >= 0.6 is 11.6 Å². The van der Waals surface area contributed by atoms with Gasteiger partial charge in [-0.25, -0.2) is 4.39 Å². The molecular weight excluding hydrogens is 331 g/mol. The molecule has 2 atom stereocenters. The maximum Gasteiger partial charge on any atom is 0.261 e. The van der Waals surface area contributed by atoms with Crippen LogP contribution in [-0.2, 0) is 4.79 Å². The molecule has 2 aromatic carbocycles. The minimum absolute atomic E-state index is 0.264. The minimum Gasteiger partial charge on any atom is -0.479 e. The molecule has 1 N–H and O–H groups in total. The molecule has 0 radical (unpaired) electrons. The summed E-state index contributed by atoms with van der Waals surface area (Å²) in [6.45, 7) is 3.40. The summed E-state index contributed by atoms with van der Waals surface area (Å²) in [6.07, 6.45) is -0.779. The Hall–Kier alpha value is -2.58. The highest BCUT2D eigenvalue weighted by molar-refractivity contribution is 6.32. The molecule has 0 aliphatic rings. The summed E-state index contributed by atoms with van der Waals surface area (Å²) in [6, 6.07) is 12.2. The van der Waals surface area contributed by atoms with E-state index in [0.29, 0.717) is 11.3 Å². The molecule has 0 unspecified atom stereocenters. The van der Waals surface area contributed by atoms with Crippen molar-refractivity contribution in [2.75, 3.05) is 0 Å². The molecule has 0 aliphatic carbocycles. The fraction of sp³-hybridized carbons (Fsp3) is 0.222. The summed E-state index contributed by atoms with van der Waals surface area (Å²) in [5, 5.41) is 11.9. The zero-order valence-corrected chi connectivity index (χ0v) is 14.0. The third kappa shape index (κ3) is 4.46. The topological polar surface area (TPSA) is 62.1 Å². The molecule has 0 saturated heterocycles. The lowest BCUT2D eigenvalue weighted by Crippen LogP contribution is -2.37. The Morgan fingerprint density at radius 2 is 1.92 bits per heavy atom. The summed E-state index contributed by atoms with van der Waals surface area (Å²) >= 11 is 6.03. The summed E-state index contributed by atoms with van der Waals surface area (Å²) in [4.78, 5) is 12.2. The zero-order chi connectivity index (χ0) is 17.7. The van der Waals surface area contributed by atoms with Crippen LogP contribution in [0.1, 0.15) is 31.0 Å². The average molecular weight is 347 g/mol. The third-order valence-corrected chi connectivity index (χ3v) is 3.76. The highest BCUT2D eigenvalue weighted by Gasteiger charge is 2.19. The van der Waals surface area contributed by atoms with E-state index in [4.69, 9.17) is 21.6 Å². The number of benzene rings is 2. The van der Waals surface area contributed by atoms with Crippen LogP contribution in [0.3, 0.4) is 0 Å². The van der Waals surface area contributed by atoms with Gasteiger partial charge in [-0.3, -0.25) is 4.79 Å². The van der Waals surface area contributed by atoms with Gasteiger partial charge in [0.15, 0.2) is 6.10 Å². The number of hydrogen-bond donors (Lipinski definition) is 1. The van der Waals surface area contributed by atoms with E-state index in [2.05, 4.69) is 5.32 Å². The summed E-state index contributed by atoms with van der Waals surface area (Å²) in [5.41, 5.74) is 1.20. The van der Waals surface area contributed by atoms with Crippen molar-refractivity contribution in [3.05, 3.63) is 64.4 Å². The molecule has 124 valence electrons. The van der Waals surface area contributed by atoms with Crippen molar-refractivity contribution in [2.24, 2.45) is 0 Å². The number of hydrogen-bond acceptors (Lipinski definition) is 3. The van der Waals surface area contributed by atoms with Crippen LogP contribution in [0.25, 0.3) is 0 Å². The highest BCUT2D eigenvalue weighted by atomic mass is 35.5. The molecule has 0 bridgehead atoms. The van der Waals surface area contributed by atoms with Gasteiger partial charge >= 0.3 is 0 Å². The Balaban J connectivity index is 1.99. The van der Waals surface area contributed by atoms with Crippen molar-refractivity contribution >= 4 is 17.5 Å². The van der Waals surface area contributed by atoms with E-state index in [1.165, 1.54) is 18.2 Å². The molecule has 24 heavy (non-hydrogen) atoms. The molecule has 0 spiro atoms. The molecular formula is C18H16ClFN2O2. The number of nitriles is 1. The van der Waals surface area contributed by atoms with Crippen molar-refractivity contribution in [2.45, 2.75) is 26.0 Å². The molecule has 2 rings (SSSR count). The van der Waals surface area contributed by atoms with Gasteiger partial charge in [-0.2, -0.15) is 5.26 Å². The van der Waals surface area contributed by atoms with Crippen molar-refractivity contribution < 1.29 is 13.9 Å². The first-order valence-electron chi connectivity index (χ1n) is 7.33. The number of nitrogens with one attached hydrogen (secondary N) is 1. The maximum absolute atomic E-state index is 12.9. The van der Waals surface area contributed by atoms with E-state index in [1.807, 2.05) is 6.07 Å². The number of nitrogens with zero attached hydrogens (tertiary/aromatic N) is 1. The Labute approximate surface area is 144 Å². The smallest absolute Gasteiger partial charge is 0.261 e. The first-order chi connectivity index (χ1) is 11.4. The number of carbonyl (C=O) groups is 1. The van der Waals surface area contributed by atoms with Gasteiger partial charge in [-0.05, 0) is 49.7 Å². The monoisotopic (exact) mass is 346 g/mol. The van der Waals surface area contributed by atoms with Crippen LogP contribution in [-0.4, -0.2) is 12.0 Å². The van der Waals surface area contributed by atoms with Gasteiger partial charge in [0, 0.05) is 0 Å². The van der Waals surface area contributed by atoms with E-state index in [9.17, 15) is 9.18 Å². The Kier molecular flexibility index (Phi) is 5.78. The molecule has 4 nitrogen and oxygen atoms in total. The lowest BCUT2D eigenvalue weighted by Gasteiger charge is -2.19. The van der Waals surface area contributed by atoms with Crippen molar-refractivity contribution in [1.82, 2.24) is 5.32 Å². The number of carbonyl (C=O) groups excluding carboxylic acids is 1. The molecule has 0 aromatic heterocycles. The fourth-order valence-corrected chi connectivity index (χ4v) is 2.30. The number of rotatable bonds is 5. The van der Waals surface area contributed by atoms with Gasteiger partial charge in [-0.15, -0.1) is 0 Å². The minimum atomic E-state index is -0.779. The highest BCUT2D eigenvalue weighted by Crippen LogP contribution is 2.26. The second-order valence-corrected chi connectivity index (χ2v) is 5.71. The van der Waals surface area contributed by atoms with Gasteiger partial charge in [0.05, 0.1) is 22.7 Å². The first-order valence-corrected chi connectivity index (χ1v) is 7.70. The molecule has 1 amide bonds. The molecule has 6 heteroatoms. The van der Waals surface area contributed by atoms with Crippen LogP contribution in [0.5, 0.6) is 5.75 Å². The normalized spacial score (nSPS) is 12.8. The Bertz CT molecular complexity index is 772. The van der Waals surface area contributed by atoms with E-state index >= 15 is 0 Å². The maximum atomic E-state index is 12.9. The quantitative estimate of drug-likeness (QED) is 0.890. The fourth-order valence-electron chi connectivity index (χ4n) is 2.08. The largest absolute Gasteiger partial charge is 0.479 e. The van der Waals surface area contributed by atoms with Gasteiger partial charge in [-0.1, -0.05) is 23.7 Å². The van der Waals surface area contributed by atoms with Gasteiger partial charge in [0.1, 0.15) is 11.6 Å². The second kappa shape index (κ2) is 7.80. The predicted octanol–water partition coefficient (Wildman–Crippen LogP) is 4.00. The average Bonchev–Trinajstić information content (AvgIpc) is 2.57. The zero-order valence-electron chi connectivity index (χ0n) is 13.2. The number of amides is 1. The molecule has 0 aliphatic heterocycles. The van der Waals surface area contributed by atoms with E-state index in [1.54, 1.807) is 38.1 Å². The molecule has 2 aromatic rings. The molecule has 0 saturated carbocycles. The first kappa shape index (κ1) is 17.8. The number of ether oxygens (including phenoxy) is 1. The summed E-state index contributed by atoms with van der Waals surface area (Å²) < 4.78 is 18.5. The summed E-state index contributed by atoms with van der Waals surface area (Å²) in [5.74, 6) is -0.329. The van der Waals surface area contributed by atoms with Gasteiger partial charge in [0.2, 0.25) is 0 Å². The van der Waals surface area contributed by atoms with E-state index < -0.39 is 6.10 Å². The molecule has 0 heterocycles. The second-order valence-electron chi connectivity index (χ2n) is 5.30. The van der Waals surface area contributed by atoms with Crippen LogP contribution in [0.4, 0.5) is 4.39 Å². The van der Waals surface area contributed by atoms with Crippen LogP contribution < -0.4 is 10.1 Å². The van der Waals surface area contributed by atoms with E-state index in [0.717, 1.165) is 5.56 Å². The third-order valence-electron chi connectivity index (χ3n) is 3.46. The number of halogens is 2. The van der Waals surface area contributed by atoms with Crippen molar-refractivity contribution in [3.8, 4) is 11.8 Å². The Morgan fingerprint density at radius 1 is 1.25 bits per heavy atom. The van der Waals surface area contributed by atoms with Crippen molar-refractivity contribution in [1.29, 1.82) is 5.26 Å². The van der Waals surface area contributed by atoms with Crippen LogP contribution in [0.2, 0.25) is 5.02 Å². The Morgan fingerprint density at radius 3 is 2.50 bits per heavy atom. The van der Waals surface area contributed by atoms with Gasteiger partial charge < -0.3 is 10.1 Å².